The molecule has 168 valence electrons. The summed E-state index contributed by atoms with van der Waals surface area (Å²) >= 11 is 1.41. The predicted molar refractivity (Wildman–Crippen MR) is 137 cm³/mol. The molecule has 0 bridgehead atoms. The van der Waals surface area contributed by atoms with Crippen molar-refractivity contribution in [1.29, 1.82) is 0 Å². The van der Waals surface area contributed by atoms with E-state index >= 15 is 0 Å². The number of benzene rings is 2. The van der Waals surface area contributed by atoms with Crippen molar-refractivity contribution in [2.24, 2.45) is 4.99 Å². The number of rotatable bonds is 5. The molecule has 0 N–H and O–H groups in total. The third-order valence-electron chi connectivity index (χ3n) is 5.89. The number of carbonyl (C=O) groups excluding carboxylic acids is 1. The van der Waals surface area contributed by atoms with E-state index in [1.54, 1.807) is 11.9 Å². The first kappa shape index (κ1) is 21.6. The molecule has 6 nitrogen and oxygen atoms in total. The number of hydrogen-bond donors (Lipinski definition) is 0. The molecule has 33 heavy (non-hydrogen) atoms. The number of morpholine rings is 1. The monoisotopic (exact) mass is 458 g/mol. The zero-order valence-corrected chi connectivity index (χ0v) is 19.4. The number of hydrogen-bond acceptors (Lipinski definition) is 5. The van der Waals surface area contributed by atoms with Crippen LogP contribution >= 0.6 is 11.8 Å². The second-order valence-corrected chi connectivity index (χ2v) is 9.04. The van der Waals surface area contributed by atoms with Gasteiger partial charge in [0.1, 0.15) is 0 Å². The Kier molecular flexibility index (Phi) is 6.07. The zero-order valence-electron chi connectivity index (χ0n) is 18.6. The molecule has 2 aliphatic rings. The van der Waals surface area contributed by atoms with Gasteiger partial charge in [-0.25, -0.2) is 4.99 Å². The highest BCUT2D eigenvalue weighted by atomic mass is 32.2. The van der Waals surface area contributed by atoms with E-state index in [2.05, 4.69) is 46.5 Å². The van der Waals surface area contributed by atoms with Crippen LogP contribution in [-0.2, 0) is 16.1 Å². The maximum atomic E-state index is 13.0. The molecule has 1 amide bonds. The molecular formula is C26H26N4O2S. The largest absolute Gasteiger partial charge is 0.378 e. The molecule has 0 radical (unpaired) electrons. The van der Waals surface area contributed by atoms with E-state index in [1.807, 2.05) is 36.4 Å². The molecule has 0 saturated carbocycles. The number of thioether (sulfide) groups is 1. The van der Waals surface area contributed by atoms with Crippen LogP contribution in [0.1, 0.15) is 5.56 Å². The highest BCUT2D eigenvalue weighted by Crippen LogP contribution is 2.35. The zero-order chi connectivity index (χ0) is 22.8. The number of amides is 1. The highest BCUT2D eigenvalue weighted by molar-refractivity contribution is 8.18. The predicted octanol–water partition coefficient (Wildman–Crippen LogP) is 4.90. The molecule has 0 aliphatic carbocycles. The van der Waals surface area contributed by atoms with E-state index in [0.717, 1.165) is 55.0 Å². The fraction of sp³-hybridized carbons (Fsp3) is 0.231. The van der Waals surface area contributed by atoms with Crippen LogP contribution in [0, 0.1) is 0 Å². The van der Waals surface area contributed by atoms with Crippen LogP contribution in [0.15, 0.2) is 77.3 Å². The number of amidine groups is 1. The molecule has 3 heterocycles. The lowest BCUT2D eigenvalue weighted by Crippen LogP contribution is -2.36. The normalized spacial score (nSPS) is 19.2. The number of likely N-dealkylation sites (N-methyl/N-ethyl adjacent to an activating group) is 1. The number of aliphatic imine (C=N–C) groups is 1. The first-order chi connectivity index (χ1) is 16.1. The number of carbonyl (C=O) groups is 1. The quantitative estimate of drug-likeness (QED) is 0.403. The van der Waals surface area contributed by atoms with E-state index < -0.39 is 0 Å². The third kappa shape index (κ3) is 4.34. The van der Waals surface area contributed by atoms with E-state index in [0.29, 0.717) is 10.1 Å². The summed E-state index contributed by atoms with van der Waals surface area (Å²) in [5.41, 5.74) is 4.15. The summed E-state index contributed by atoms with van der Waals surface area (Å²) in [6.45, 7) is 7.89. The average molecular weight is 459 g/mol. The Morgan fingerprint density at radius 3 is 2.64 bits per heavy atom. The molecule has 0 atom stereocenters. The first-order valence-corrected chi connectivity index (χ1v) is 11.8. The van der Waals surface area contributed by atoms with Crippen molar-refractivity contribution in [3.05, 3.63) is 77.9 Å². The lowest BCUT2D eigenvalue weighted by atomic mass is 10.1. The summed E-state index contributed by atoms with van der Waals surface area (Å²) in [6, 6.07) is 16.4. The van der Waals surface area contributed by atoms with Gasteiger partial charge in [0, 0.05) is 55.0 Å². The van der Waals surface area contributed by atoms with Crippen LogP contribution < -0.4 is 4.90 Å². The first-order valence-electron chi connectivity index (χ1n) is 11.0. The fourth-order valence-electron chi connectivity index (χ4n) is 4.14. The lowest BCUT2D eigenvalue weighted by molar-refractivity contribution is -0.121. The van der Waals surface area contributed by atoms with Crippen molar-refractivity contribution in [3.63, 3.8) is 0 Å². The van der Waals surface area contributed by atoms with Crippen LogP contribution in [0.5, 0.6) is 0 Å². The Balaban J connectivity index is 1.40. The number of ether oxygens (including phenoxy) is 1. The summed E-state index contributed by atoms with van der Waals surface area (Å²) in [7, 11) is 1.78. The third-order valence-corrected chi connectivity index (χ3v) is 6.95. The van der Waals surface area contributed by atoms with Crippen LogP contribution in [0.25, 0.3) is 17.0 Å². The van der Waals surface area contributed by atoms with E-state index in [1.165, 1.54) is 17.4 Å². The van der Waals surface area contributed by atoms with Gasteiger partial charge in [0.15, 0.2) is 5.17 Å². The van der Waals surface area contributed by atoms with Gasteiger partial charge in [-0.1, -0.05) is 24.3 Å². The maximum Gasteiger partial charge on any atom is 0.266 e. The van der Waals surface area contributed by atoms with E-state index in [-0.39, 0.29) is 5.91 Å². The Bertz CT molecular complexity index is 1250. The fourth-order valence-corrected chi connectivity index (χ4v) is 5.12. The molecular weight excluding hydrogens is 432 g/mol. The number of anilines is 1. The molecule has 0 unspecified atom stereocenters. The van der Waals surface area contributed by atoms with E-state index in [9.17, 15) is 4.79 Å². The van der Waals surface area contributed by atoms with Crippen LogP contribution in [0.4, 0.5) is 11.4 Å². The maximum absolute atomic E-state index is 13.0. The summed E-state index contributed by atoms with van der Waals surface area (Å²) in [4.78, 5) is 22.3. The Morgan fingerprint density at radius 1 is 1.12 bits per heavy atom. The molecule has 3 aromatic rings. The van der Waals surface area contributed by atoms with Crippen molar-refractivity contribution in [2.75, 3.05) is 38.3 Å². The van der Waals surface area contributed by atoms with Gasteiger partial charge in [-0.2, -0.15) is 0 Å². The Hall–Kier alpha value is -3.29. The average Bonchev–Trinajstić information content (AvgIpc) is 3.33. The second kappa shape index (κ2) is 9.29. The minimum Gasteiger partial charge on any atom is -0.378 e. The Morgan fingerprint density at radius 2 is 1.88 bits per heavy atom. The molecule has 7 heteroatoms. The molecule has 2 fully saturated rings. The lowest BCUT2D eigenvalue weighted by Gasteiger charge is -2.28. The molecule has 0 spiro atoms. The standard InChI is InChI=1S/C26H26N4O2S/c1-3-12-30-18-19(22-6-4-5-7-23(22)30)17-24-25(31)28(2)26(33-24)27-20-8-10-21(11-9-20)29-13-15-32-16-14-29/h3-11,17-18H,1,12-16H2,2H3/b24-17-,27-26?. The smallest absolute Gasteiger partial charge is 0.266 e. The van der Waals surface area contributed by atoms with Crippen molar-refractivity contribution in [2.45, 2.75) is 6.54 Å². The molecule has 2 aromatic carbocycles. The van der Waals surface area contributed by atoms with Gasteiger partial charge in [-0.3, -0.25) is 9.69 Å². The summed E-state index contributed by atoms with van der Waals surface area (Å²) < 4.78 is 7.58. The van der Waals surface area contributed by atoms with Gasteiger partial charge in [0.25, 0.3) is 5.91 Å². The molecule has 5 rings (SSSR count). The minimum atomic E-state index is -0.0377. The Labute approximate surface area is 197 Å². The van der Waals surface area contributed by atoms with E-state index in [4.69, 9.17) is 9.73 Å². The molecule has 2 aliphatic heterocycles. The number of aromatic nitrogens is 1. The minimum absolute atomic E-state index is 0.0377. The van der Waals surface area contributed by atoms with Gasteiger partial charge in [-0.15, -0.1) is 6.58 Å². The van der Waals surface area contributed by atoms with Crippen LogP contribution in [0.2, 0.25) is 0 Å². The number of nitrogens with zero attached hydrogens (tertiary/aromatic N) is 4. The summed E-state index contributed by atoms with van der Waals surface area (Å²) in [5, 5.41) is 1.80. The summed E-state index contributed by atoms with van der Waals surface area (Å²) in [6.07, 6.45) is 5.92. The van der Waals surface area contributed by atoms with Crippen molar-refractivity contribution < 1.29 is 9.53 Å². The van der Waals surface area contributed by atoms with Crippen LogP contribution in [-0.4, -0.2) is 53.9 Å². The SMILES string of the molecule is C=CCn1cc(/C=C2\SC(=Nc3ccc(N4CCOCC4)cc3)N(C)C2=O)c2ccccc21. The number of allylic oxidation sites excluding steroid dienone is 1. The summed E-state index contributed by atoms with van der Waals surface area (Å²) in [5.74, 6) is -0.0377. The number of para-hydroxylation sites is 1. The van der Waals surface area contributed by atoms with Gasteiger partial charge in [-0.05, 0) is 48.2 Å². The molecule has 1 aromatic heterocycles. The van der Waals surface area contributed by atoms with Crippen molar-refractivity contribution >= 4 is 51.2 Å². The topological polar surface area (TPSA) is 50.1 Å². The second-order valence-electron chi connectivity index (χ2n) is 8.03. The molecule has 2 saturated heterocycles. The van der Waals surface area contributed by atoms with Gasteiger partial charge in [0.05, 0.1) is 23.8 Å². The van der Waals surface area contributed by atoms with Gasteiger partial charge in [0.2, 0.25) is 0 Å². The van der Waals surface area contributed by atoms with Gasteiger partial charge >= 0.3 is 0 Å². The van der Waals surface area contributed by atoms with Crippen molar-refractivity contribution in [3.8, 4) is 0 Å². The van der Waals surface area contributed by atoms with Gasteiger partial charge < -0.3 is 14.2 Å². The highest BCUT2D eigenvalue weighted by Gasteiger charge is 2.30. The number of fused-ring (bicyclic) bond motifs is 1. The van der Waals surface area contributed by atoms with Crippen LogP contribution in [0.3, 0.4) is 0 Å². The van der Waals surface area contributed by atoms with Crippen molar-refractivity contribution in [1.82, 2.24) is 9.47 Å².